The number of carbonyl (C=O) groups is 5. The van der Waals surface area contributed by atoms with Crippen LogP contribution in [0, 0.1) is 0 Å². The number of hydrogen-bond donors (Lipinski definition) is 8. The van der Waals surface area contributed by atoms with Crippen molar-refractivity contribution in [3.8, 4) is 0 Å². The lowest BCUT2D eigenvalue weighted by Gasteiger charge is -2.24. The zero-order valence-electron chi connectivity index (χ0n) is 16.9. The van der Waals surface area contributed by atoms with Crippen LogP contribution in [0.1, 0.15) is 39.0 Å². The number of aliphatic carboxylic acids is 1. The van der Waals surface area contributed by atoms with Crippen molar-refractivity contribution < 1.29 is 29.1 Å². The largest absolute Gasteiger partial charge is 0.480 e. The van der Waals surface area contributed by atoms with Gasteiger partial charge in [0, 0.05) is 12.2 Å². The van der Waals surface area contributed by atoms with Crippen LogP contribution in [-0.2, 0) is 24.0 Å². The number of rotatable bonds is 15. The van der Waals surface area contributed by atoms with E-state index in [4.69, 9.17) is 22.3 Å². The second kappa shape index (κ2) is 14.6. The van der Waals surface area contributed by atoms with Crippen molar-refractivity contribution in [3.05, 3.63) is 0 Å². The molecule has 13 heteroatoms. The molecule has 0 aromatic heterocycles. The van der Waals surface area contributed by atoms with Crippen molar-refractivity contribution in [1.29, 1.82) is 0 Å². The highest BCUT2D eigenvalue weighted by molar-refractivity contribution is 7.80. The number of amides is 4. The summed E-state index contributed by atoms with van der Waals surface area (Å²) >= 11 is 3.94. The maximum atomic E-state index is 12.7. The number of thiol groups is 1. The first-order chi connectivity index (χ1) is 14.0. The molecule has 0 radical (unpaired) electrons. The van der Waals surface area contributed by atoms with Crippen molar-refractivity contribution in [1.82, 2.24) is 16.0 Å². The van der Waals surface area contributed by atoms with Gasteiger partial charge in [0.15, 0.2) is 0 Å². The standard InChI is InChI=1S/C17H32N6O6S/c1-9(17(28)29)21-15(26)12(5-6-13(20)24)23-16(27)11(4-2-3-7-18)22-14(25)10(19)8-30/h9-12,30H,2-8,18-19H2,1H3,(H2,20,24)(H,21,26)(H,22,25)(H,23,27)(H,28,29). The average Bonchev–Trinajstić information content (AvgIpc) is 2.68. The second-order valence-corrected chi connectivity index (χ2v) is 7.13. The molecule has 0 fully saturated rings. The van der Waals surface area contributed by atoms with E-state index in [2.05, 4.69) is 28.6 Å². The number of carbonyl (C=O) groups excluding carboxylic acids is 4. The lowest BCUT2D eigenvalue weighted by molar-refractivity contribution is -0.142. The Morgan fingerprint density at radius 2 is 1.47 bits per heavy atom. The summed E-state index contributed by atoms with van der Waals surface area (Å²) in [4.78, 5) is 59.3. The molecule has 0 bridgehead atoms. The first-order valence-electron chi connectivity index (χ1n) is 9.52. The number of unbranched alkanes of at least 4 members (excludes halogenated alkanes) is 1. The molecule has 0 heterocycles. The minimum absolute atomic E-state index is 0.0691. The van der Waals surface area contributed by atoms with Crippen LogP contribution in [0.3, 0.4) is 0 Å². The number of carboxylic acid groups (broad SMARTS) is 1. The molecule has 30 heavy (non-hydrogen) atoms. The Hall–Kier alpha value is -2.38. The Balaban J connectivity index is 5.33. The molecule has 0 saturated heterocycles. The summed E-state index contributed by atoms with van der Waals surface area (Å²) in [5.41, 5.74) is 16.2. The van der Waals surface area contributed by atoms with Gasteiger partial charge in [-0.05, 0) is 39.2 Å². The van der Waals surface area contributed by atoms with Crippen molar-refractivity contribution in [2.24, 2.45) is 17.2 Å². The number of primary amides is 1. The molecule has 4 amide bonds. The molecule has 0 aromatic rings. The second-order valence-electron chi connectivity index (χ2n) is 6.77. The summed E-state index contributed by atoms with van der Waals surface area (Å²) in [7, 11) is 0. The Bertz CT molecular complexity index is 620. The normalized spacial score (nSPS) is 14.7. The van der Waals surface area contributed by atoms with E-state index in [9.17, 15) is 24.0 Å². The molecule has 0 spiro atoms. The van der Waals surface area contributed by atoms with E-state index >= 15 is 0 Å². The zero-order chi connectivity index (χ0) is 23.3. The van der Waals surface area contributed by atoms with Gasteiger partial charge in [-0.2, -0.15) is 12.6 Å². The van der Waals surface area contributed by atoms with Gasteiger partial charge >= 0.3 is 5.97 Å². The minimum Gasteiger partial charge on any atom is -0.480 e. The Labute approximate surface area is 180 Å². The fourth-order valence-corrected chi connectivity index (χ4v) is 2.49. The van der Waals surface area contributed by atoms with Gasteiger partial charge in [-0.1, -0.05) is 0 Å². The highest BCUT2D eigenvalue weighted by Crippen LogP contribution is 2.05. The molecule has 172 valence electrons. The topological polar surface area (TPSA) is 220 Å². The van der Waals surface area contributed by atoms with Crippen LogP contribution in [0.2, 0.25) is 0 Å². The van der Waals surface area contributed by atoms with Crippen LogP contribution in [0.25, 0.3) is 0 Å². The summed E-state index contributed by atoms with van der Waals surface area (Å²) in [6.45, 7) is 1.65. The van der Waals surface area contributed by atoms with Gasteiger partial charge in [-0.25, -0.2) is 0 Å². The van der Waals surface area contributed by atoms with Crippen molar-refractivity contribution >= 4 is 42.2 Å². The third-order valence-corrected chi connectivity index (χ3v) is 4.55. The predicted octanol–water partition coefficient (Wildman–Crippen LogP) is -2.80. The van der Waals surface area contributed by atoms with Crippen LogP contribution in [-0.4, -0.2) is 71.2 Å². The molecular weight excluding hydrogens is 416 g/mol. The molecule has 12 nitrogen and oxygen atoms in total. The molecule has 0 aliphatic heterocycles. The monoisotopic (exact) mass is 448 g/mol. The Kier molecular flexibility index (Phi) is 13.4. The highest BCUT2D eigenvalue weighted by atomic mass is 32.1. The van der Waals surface area contributed by atoms with E-state index in [-0.39, 0.29) is 25.0 Å². The molecule has 0 aliphatic rings. The number of hydrogen-bond acceptors (Lipinski definition) is 8. The van der Waals surface area contributed by atoms with Gasteiger partial charge in [-0.15, -0.1) is 0 Å². The fraction of sp³-hybridized carbons (Fsp3) is 0.706. The number of nitrogens with two attached hydrogens (primary N) is 3. The molecule has 10 N–H and O–H groups in total. The van der Waals surface area contributed by atoms with E-state index < -0.39 is 53.8 Å². The van der Waals surface area contributed by atoms with Gasteiger partial charge in [0.25, 0.3) is 0 Å². The third-order valence-electron chi connectivity index (χ3n) is 4.15. The third kappa shape index (κ3) is 11.0. The molecule has 0 aliphatic carbocycles. The van der Waals surface area contributed by atoms with Crippen LogP contribution in [0.15, 0.2) is 0 Å². The summed E-state index contributed by atoms with van der Waals surface area (Å²) in [6.07, 6.45) is 1.02. The summed E-state index contributed by atoms with van der Waals surface area (Å²) in [5.74, 6) is -3.95. The van der Waals surface area contributed by atoms with Crippen LogP contribution in [0.4, 0.5) is 0 Å². The Morgan fingerprint density at radius 3 is 1.97 bits per heavy atom. The van der Waals surface area contributed by atoms with Gasteiger partial charge < -0.3 is 38.3 Å². The average molecular weight is 449 g/mol. The fourth-order valence-electron chi connectivity index (χ4n) is 2.33. The molecule has 4 unspecified atom stereocenters. The van der Waals surface area contributed by atoms with E-state index in [1.807, 2.05) is 0 Å². The summed E-state index contributed by atoms with van der Waals surface area (Å²) < 4.78 is 0. The predicted molar refractivity (Wildman–Crippen MR) is 112 cm³/mol. The maximum Gasteiger partial charge on any atom is 0.325 e. The van der Waals surface area contributed by atoms with Crippen LogP contribution >= 0.6 is 12.6 Å². The molecular formula is C17H32N6O6S. The van der Waals surface area contributed by atoms with Crippen molar-refractivity contribution in [2.45, 2.75) is 63.2 Å². The van der Waals surface area contributed by atoms with E-state index in [0.29, 0.717) is 19.4 Å². The first-order valence-corrected chi connectivity index (χ1v) is 10.1. The zero-order valence-corrected chi connectivity index (χ0v) is 17.8. The molecule has 0 saturated carbocycles. The van der Waals surface area contributed by atoms with Gasteiger partial charge in [0.2, 0.25) is 23.6 Å². The lowest BCUT2D eigenvalue weighted by atomic mass is 10.1. The van der Waals surface area contributed by atoms with Crippen LogP contribution in [0.5, 0.6) is 0 Å². The Morgan fingerprint density at radius 1 is 0.933 bits per heavy atom. The SMILES string of the molecule is CC(NC(=O)C(CCC(N)=O)NC(=O)C(CCCCN)NC(=O)C(N)CS)C(=O)O. The maximum absolute atomic E-state index is 12.7. The number of nitrogens with one attached hydrogen (secondary N) is 3. The minimum atomic E-state index is -1.27. The lowest BCUT2D eigenvalue weighted by Crippen LogP contribution is -2.57. The van der Waals surface area contributed by atoms with E-state index in [1.165, 1.54) is 6.92 Å². The summed E-state index contributed by atoms with van der Waals surface area (Å²) in [6, 6.07) is -4.36. The molecule has 4 atom stereocenters. The molecule has 0 rings (SSSR count). The first kappa shape index (κ1) is 27.6. The quantitative estimate of drug-likeness (QED) is 0.0963. The van der Waals surface area contributed by atoms with Crippen molar-refractivity contribution in [3.63, 3.8) is 0 Å². The number of carboxylic acids is 1. The van der Waals surface area contributed by atoms with Crippen molar-refractivity contribution in [2.75, 3.05) is 12.3 Å². The highest BCUT2D eigenvalue weighted by Gasteiger charge is 2.29. The van der Waals surface area contributed by atoms with Crippen LogP contribution < -0.4 is 33.2 Å². The van der Waals surface area contributed by atoms with Gasteiger partial charge in [-0.3, -0.25) is 24.0 Å². The van der Waals surface area contributed by atoms with Gasteiger partial charge in [0.05, 0.1) is 6.04 Å². The van der Waals surface area contributed by atoms with Gasteiger partial charge in [0.1, 0.15) is 18.1 Å². The van der Waals surface area contributed by atoms with E-state index in [1.54, 1.807) is 0 Å². The smallest absolute Gasteiger partial charge is 0.325 e. The molecule has 0 aromatic carbocycles. The summed E-state index contributed by atoms with van der Waals surface area (Å²) in [5, 5.41) is 16.1. The van der Waals surface area contributed by atoms with E-state index in [0.717, 1.165) is 0 Å².